The molecule has 0 saturated carbocycles. The maximum atomic E-state index is 12.7. The maximum absolute atomic E-state index is 12.7. The first kappa shape index (κ1) is 13.6. The highest BCUT2D eigenvalue weighted by Gasteiger charge is 2.32. The molecule has 0 spiro atoms. The van der Waals surface area contributed by atoms with Crippen LogP contribution in [0.1, 0.15) is 44.2 Å². The van der Waals surface area contributed by atoms with Crippen LogP contribution in [0.2, 0.25) is 0 Å². The van der Waals surface area contributed by atoms with Crippen LogP contribution in [0.5, 0.6) is 0 Å². The zero-order valence-electron chi connectivity index (χ0n) is 12.1. The molecule has 20 heavy (non-hydrogen) atoms. The van der Waals surface area contributed by atoms with E-state index in [1.165, 1.54) is 5.69 Å². The number of carbonyl (C=O) groups excluding carboxylic acids is 1. The number of hydrogen-bond acceptors (Lipinski definition) is 3. The molecule has 0 aromatic carbocycles. The summed E-state index contributed by atoms with van der Waals surface area (Å²) in [5.74, 6) is 1.00. The summed E-state index contributed by atoms with van der Waals surface area (Å²) in [6.07, 6.45) is 5.99. The maximum Gasteiger partial charge on any atom is 0.225 e. The van der Waals surface area contributed by atoms with Crippen molar-refractivity contribution in [3.8, 4) is 0 Å². The Bertz CT molecular complexity index is 445. The van der Waals surface area contributed by atoms with Crippen molar-refractivity contribution in [3.63, 3.8) is 0 Å². The van der Waals surface area contributed by atoms with Gasteiger partial charge in [0, 0.05) is 42.9 Å². The Morgan fingerprint density at radius 2 is 2.35 bits per heavy atom. The minimum atomic E-state index is 0.215. The lowest BCUT2D eigenvalue weighted by Crippen LogP contribution is -2.47. The Kier molecular flexibility index (Phi) is 4.05. The van der Waals surface area contributed by atoms with E-state index in [4.69, 9.17) is 0 Å². The van der Waals surface area contributed by atoms with Gasteiger partial charge in [-0.3, -0.25) is 9.89 Å². The Labute approximate surface area is 120 Å². The summed E-state index contributed by atoms with van der Waals surface area (Å²) < 4.78 is 0. The highest BCUT2D eigenvalue weighted by Crippen LogP contribution is 2.28. The Balaban J connectivity index is 1.63. The molecule has 3 atom stereocenters. The molecule has 0 radical (unpaired) electrons. The average Bonchev–Trinajstić information content (AvgIpc) is 3.01. The number of nitrogens with zero attached hydrogens (tertiary/aromatic N) is 2. The van der Waals surface area contributed by atoms with Crippen molar-refractivity contribution < 1.29 is 4.79 Å². The smallest absolute Gasteiger partial charge is 0.225 e. The molecular formula is C15H24N4O. The fraction of sp³-hybridized carbons (Fsp3) is 0.733. The van der Waals surface area contributed by atoms with Crippen molar-refractivity contribution >= 4 is 5.91 Å². The van der Waals surface area contributed by atoms with Crippen LogP contribution >= 0.6 is 0 Å². The number of rotatable bonds is 2. The monoisotopic (exact) mass is 276 g/mol. The molecule has 2 aliphatic heterocycles. The molecule has 5 nitrogen and oxygen atoms in total. The third-order valence-corrected chi connectivity index (χ3v) is 4.67. The molecular weight excluding hydrogens is 252 g/mol. The Morgan fingerprint density at radius 1 is 1.45 bits per heavy atom. The molecule has 2 fully saturated rings. The summed E-state index contributed by atoms with van der Waals surface area (Å²) in [7, 11) is 0. The van der Waals surface area contributed by atoms with Gasteiger partial charge in [0.1, 0.15) is 0 Å². The summed E-state index contributed by atoms with van der Waals surface area (Å²) in [4.78, 5) is 14.8. The molecule has 0 aliphatic carbocycles. The van der Waals surface area contributed by atoms with Crippen LogP contribution < -0.4 is 5.32 Å². The van der Waals surface area contributed by atoms with Gasteiger partial charge in [0.15, 0.2) is 0 Å². The number of aromatic amines is 1. The van der Waals surface area contributed by atoms with E-state index >= 15 is 0 Å². The molecule has 5 heteroatoms. The van der Waals surface area contributed by atoms with Crippen LogP contribution in [0.15, 0.2) is 12.3 Å². The fourth-order valence-electron chi connectivity index (χ4n) is 3.54. The van der Waals surface area contributed by atoms with Crippen molar-refractivity contribution in [2.75, 3.05) is 19.6 Å². The van der Waals surface area contributed by atoms with E-state index in [2.05, 4.69) is 27.3 Å². The van der Waals surface area contributed by atoms with E-state index in [0.717, 1.165) is 45.3 Å². The largest absolute Gasteiger partial charge is 0.342 e. The van der Waals surface area contributed by atoms with Gasteiger partial charge in [0.25, 0.3) is 0 Å². The molecule has 1 amide bonds. The van der Waals surface area contributed by atoms with Crippen molar-refractivity contribution in [1.82, 2.24) is 20.4 Å². The second-order valence-electron chi connectivity index (χ2n) is 6.21. The third-order valence-electron chi connectivity index (χ3n) is 4.67. The number of carbonyl (C=O) groups is 1. The first-order valence-electron chi connectivity index (χ1n) is 7.75. The second-order valence-corrected chi connectivity index (χ2v) is 6.21. The first-order chi connectivity index (χ1) is 9.74. The van der Waals surface area contributed by atoms with E-state index in [1.54, 1.807) is 6.20 Å². The third kappa shape index (κ3) is 2.87. The zero-order chi connectivity index (χ0) is 13.9. The molecule has 3 rings (SSSR count). The second kappa shape index (κ2) is 5.95. The lowest BCUT2D eigenvalue weighted by Gasteiger charge is -2.36. The molecule has 2 N–H and O–H groups in total. The van der Waals surface area contributed by atoms with Crippen molar-refractivity contribution in [3.05, 3.63) is 18.0 Å². The number of aromatic nitrogens is 2. The van der Waals surface area contributed by atoms with E-state index in [1.807, 2.05) is 6.07 Å². The van der Waals surface area contributed by atoms with Gasteiger partial charge >= 0.3 is 0 Å². The van der Waals surface area contributed by atoms with Gasteiger partial charge in [0.2, 0.25) is 5.91 Å². The van der Waals surface area contributed by atoms with Gasteiger partial charge < -0.3 is 10.2 Å². The lowest BCUT2D eigenvalue weighted by atomic mass is 9.89. The lowest BCUT2D eigenvalue weighted by molar-refractivity contribution is -0.138. The van der Waals surface area contributed by atoms with Crippen LogP contribution in [-0.4, -0.2) is 46.7 Å². The number of likely N-dealkylation sites (tertiary alicyclic amines) is 1. The standard InChI is InChI=1S/C15H24N4O/c1-11-9-12(4-6-16-11)15(20)19-8-2-3-13(10-19)14-5-7-17-18-14/h5,7,11-13,16H,2-4,6,8-10H2,1H3,(H,17,18). The fourth-order valence-corrected chi connectivity index (χ4v) is 3.54. The van der Waals surface area contributed by atoms with Crippen LogP contribution in [0, 0.1) is 5.92 Å². The summed E-state index contributed by atoms with van der Waals surface area (Å²) in [6.45, 7) is 4.90. The SMILES string of the molecule is CC1CC(C(=O)N2CCCC(c3ccn[nH]3)C2)CCN1. The van der Waals surface area contributed by atoms with Crippen LogP contribution in [0.3, 0.4) is 0 Å². The van der Waals surface area contributed by atoms with E-state index in [9.17, 15) is 4.79 Å². The highest BCUT2D eigenvalue weighted by molar-refractivity contribution is 5.79. The molecule has 2 saturated heterocycles. The van der Waals surface area contributed by atoms with Gasteiger partial charge in [-0.1, -0.05) is 0 Å². The summed E-state index contributed by atoms with van der Waals surface area (Å²) in [6, 6.07) is 2.50. The molecule has 110 valence electrons. The summed E-state index contributed by atoms with van der Waals surface area (Å²) in [5.41, 5.74) is 1.17. The minimum Gasteiger partial charge on any atom is -0.342 e. The predicted molar refractivity (Wildman–Crippen MR) is 77.3 cm³/mol. The minimum absolute atomic E-state index is 0.215. The van der Waals surface area contributed by atoms with Crippen molar-refractivity contribution in [1.29, 1.82) is 0 Å². The number of amides is 1. The number of piperidine rings is 2. The Morgan fingerprint density at radius 3 is 3.10 bits per heavy atom. The summed E-state index contributed by atoms with van der Waals surface area (Å²) in [5, 5.41) is 10.5. The number of H-pyrrole nitrogens is 1. The molecule has 0 bridgehead atoms. The highest BCUT2D eigenvalue weighted by atomic mass is 16.2. The average molecular weight is 276 g/mol. The number of hydrogen-bond donors (Lipinski definition) is 2. The van der Waals surface area contributed by atoms with Crippen molar-refractivity contribution in [2.45, 2.75) is 44.6 Å². The van der Waals surface area contributed by atoms with E-state index in [0.29, 0.717) is 17.9 Å². The molecule has 1 aromatic rings. The van der Waals surface area contributed by atoms with Crippen LogP contribution in [0.4, 0.5) is 0 Å². The normalized spacial score (nSPS) is 31.2. The van der Waals surface area contributed by atoms with E-state index in [-0.39, 0.29) is 5.92 Å². The van der Waals surface area contributed by atoms with Gasteiger partial charge in [-0.25, -0.2) is 0 Å². The van der Waals surface area contributed by atoms with Gasteiger partial charge in [-0.05, 0) is 45.2 Å². The number of nitrogens with one attached hydrogen (secondary N) is 2. The van der Waals surface area contributed by atoms with Gasteiger partial charge in [0.05, 0.1) is 0 Å². The first-order valence-corrected chi connectivity index (χ1v) is 7.75. The topological polar surface area (TPSA) is 61.0 Å². The zero-order valence-corrected chi connectivity index (χ0v) is 12.1. The molecule has 2 aliphatic rings. The molecule has 3 unspecified atom stereocenters. The summed E-state index contributed by atoms with van der Waals surface area (Å²) >= 11 is 0. The molecule has 1 aromatic heterocycles. The Hall–Kier alpha value is -1.36. The quantitative estimate of drug-likeness (QED) is 0.860. The van der Waals surface area contributed by atoms with Crippen LogP contribution in [-0.2, 0) is 4.79 Å². The van der Waals surface area contributed by atoms with Gasteiger partial charge in [-0.2, -0.15) is 5.10 Å². The van der Waals surface area contributed by atoms with Crippen LogP contribution in [0.25, 0.3) is 0 Å². The predicted octanol–water partition coefficient (Wildman–Crippen LogP) is 1.50. The van der Waals surface area contributed by atoms with Crippen molar-refractivity contribution in [2.24, 2.45) is 5.92 Å². The van der Waals surface area contributed by atoms with Gasteiger partial charge in [-0.15, -0.1) is 0 Å². The molecule has 3 heterocycles. The van der Waals surface area contributed by atoms with E-state index < -0.39 is 0 Å².